The molecule has 0 unspecified atom stereocenters. The molecule has 0 nitrogen and oxygen atoms in total. The van der Waals surface area contributed by atoms with Gasteiger partial charge in [-0.25, -0.2) is 0 Å². The summed E-state index contributed by atoms with van der Waals surface area (Å²) in [5, 5.41) is 1.98. The normalized spacial score (nSPS) is 19.2. The summed E-state index contributed by atoms with van der Waals surface area (Å²) in [5.74, 6) is 0. The van der Waals surface area contributed by atoms with Crippen molar-refractivity contribution < 1.29 is 0 Å². The maximum absolute atomic E-state index is 6.32. The zero-order chi connectivity index (χ0) is 12.3. The van der Waals surface area contributed by atoms with E-state index in [4.69, 9.17) is 11.6 Å². The fourth-order valence-electron chi connectivity index (χ4n) is 2.73. The van der Waals surface area contributed by atoms with Crippen molar-refractivity contribution in [2.24, 2.45) is 5.41 Å². The molecule has 0 aromatic heterocycles. The van der Waals surface area contributed by atoms with Gasteiger partial charge in [-0.15, -0.1) is 0 Å². The number of benzene rings is 1. The minimum Gasteiger partial charge on any atom is -0.0922 e. The Morgan fingerprint density at radius 1 is 1.18 bits per heavy atom. The molecular formula is C14H17Br2Cl. The van der Waals surface area contributed by atoms with Crippen LogP contribution in [0.15, 0.2) is 22.7 Å². The first-order valence-electron chi connectivity index (χ1n) is 6.15. The van der Waals surface area contributed by atoms with Crippen molar-refractivity contribution in [2.45, 2.75) is 38.5 Å². The minimum absolute atomic E-state index is 0.426. The first-order valence-corrected chi connectivity index (χ1v) is 8.44. The lowest BCUT2D eigenvalue weighted by Gasteiger charge is -2.36. The van der Waals surface area contributed by atoms with Crippen molar-refractivity contribution in [3.05, 3.63) is 33.3 Å². The van der Waals surface area contributed by atoms with E-state index in [9.17, 15) is 0 Å². The van der Waals surface area contributed by atoms with Gasteiger partial charge in [-0.2, -0.15) is 0 Å². The van der Waals surface area contributed by atoms with Gasteiger partial charge in [-0.05, 0) is 42.4 Å². The van der Waals surface area contributed by atoms with E-state index >= 15 is 0 Å². The Labute approximate surface area is 125 Å². The summed E-state index contributed by atoms with van der Waals surface area (Å²) in [7, 11) is 0. The van der Waals surface area contributed by atoms with E-state index in [-0.39, 0.29) is 0 Å². The maximum atomic E-state index is 6.32. The monoisotopic (exact) mass is 378 g/mol. The molecule has 1 aliphatic rings. The molecule has 0 spiro atoms. The van der Waals surface area contributed by atoms with E-state index in [1.54, 1.807) is 0 Å². The molecule has 1 aromatic carbocycles. The lowest BCUT2D eigenvalue weighted by molar-refractivity contribution is 0.223. The molecule has 0 atom stereocenters. The van der Waals surface area contributed by atoms with E-state index in [1.165, 1.54) is 37.7 Å². The molecule has 0 aliphatic heterocycles. The highest BCUT2D eigenvalue weighted by Crippen LogP contribution is 2.41. The van der Waals surface area contributed by atoms with Crippen molar-refractivity contribution in [1.82, 2.24) is 0 Å². The molecule has 0 amide bonds. The number of hydrogen-bond acceptors (Lipinski definition) is 0. The predicted molar refractivity (Wildman–Crippen MR) is 82.2 cm³/mol. The van der Waals surface area contributed by atoms with Crippen LogP contribution in [0.5, 0.6) is 0 Å². The summed E-state index contributed by atoms with van der Waals surface area (Å²) < 4.78 is 1.06. The molecule has 1 aromatic rings. The molecule has 94 valence electrons. The number of alkyl halides is 1. The average Bonchev–Trinajstić information content (AvgIpc) is 2.34. The third kappa shape index (κ3) is 3.48. The predicted octanol–water partition coefficient (Wildman–Crippen LogP) is 5.99. The van der Waals surface area contributed by atoms with E-state index in [0.717, 1.165) is 21.2 Å². The second-order valence-corrected chi connectivity index (χ2v) is 6.99. The van der Waals surface area contributed by atoms with Gasteiger partial charge in [-0.1, -0.05) is 68.8 Å². The topological polar surface area (TPSA) is 0 Å². The van der Waals surface area contributed by atoms with Crippen molar-refractivity contribution in [2.75, 3.05) is 5.33 Å². The summed E-state index contributed by atoms with van der Waals surface area (Å²) in [6.45, 7) is 0. The van der Waals surface area contributed by atoms with Gasteiger partial charge in [0.1, 0.15) is 0 Å². The molecule has 0 heterocycles. The molecule has 0 N–H and O–H groups in total. The van der Waals surface area contributed by atoms with Crippen LogP contribution in [0.25, 0.3) is 0 Å². The van der Waals surface area contributed by atoms with Gasteiger partial charge < -0.3 is 0 Å². The first kappa shape index (κ1) is 13.9. The van der Waals surface area contributed by atoms with Gasteiger partial charge in [0.25, 0.3) is 0 Å². The third-order valence-corrected chi connectivity index (χ3v) is 5.81. The summed E-state index contributed by atoms with van der Waals surface area (Å²) in [6.07, 6.45) is 7.86. The molecule has 1 saturated carbocycles. The number of halogens is 3. The molecule has 0 saturated heterocycles. The third-order valence-electron chi connectivity index (χ3n) is 3.78. The summed E-state index contributed by atoms with van der Waals surface area (Å²) in [6, 6.07) is 6.25. The zero-order valence-electron chi connectivity index (χ0n) is 9.82. The lowest BCUT2D eigenvalue weighted by Crippen LogP contribution is -2.28. The lowest BCUT2D eigenvalue weighted by atomic mass is 9.72. The Bertz CT molecular complexity index is 384. The van der Waals surface area contributed by atoms with E-state index in [0.29, 0.717) is 5.41 Å². The highest BCUT2D eigenvalue weighted by Gasteiger charge is 2.31. The van der Waals surface area contributed by atoms with Gasteiger partial charge in [-0.3, -0.25) is 0 Å². The van der Waals surface area contributed by atoms with Gasteiger partial charge in [0, 0.05) is 14.8 Å². The van der Waals surface area contributed by atoms with Crippen LogP contribution in [-0.2, 0) is 6.42 Å². The van der Waals surface area contributed by atoms with Crippen LogP contribution < -0.4 is 0 Å². The van der Waals surface area contributed by atoms with E-state index < -0.39 is 0 Å². The number of rotatable bonds is 3. The summed E-state index contributed by atoms with van der Waals surface area (Å²) in [5.41, 5.74) is 1.71. The minimum atomic E-state index is 0.426. The summed E-state index contributed by atoms with van der Waals surface area (Å²) >= 11 is 13.5. The maximum Gasteiger partial charge on any atom is 0.0449 e. The van der Waals surface area contributed by atoms with Crippen LogP contribution in [-0.4, -0.2) is 5.33 Å². The summed E-state index contributed by atoms with van der Waals surface area (Å²) in [4.78, 5) is 0. The average molecular weight is 381 g/mol. The largest absolute Gasteiger partial charge is 0.0922 e. The van der Waals surface area contributed by atoms with Crippen molar-refractivity contribution in [3.8, 4) is 0 Å². The smallest absolute Gasteiger partial charge is 0.0449 e. The van der Waals surface area contributed by atoms with Crippen LogP contribution in [0.2, 0.25) is 5.02 Å². The Morgan fingerprint density at radius 3 is 2.47 bits per heavy atom. The van der Waals surface area contributed by atoms with Crippen LogP contribution in [0.3, 0.4) is 0 Å². The van der Waals surface area contributed by atoms with Gasteiger partial charge in [0.15, 0.2) is 0 Å². The zero-order valence-corrected chi connectivity index (χ0v) is 13.7. The SMILES string of the molecule is Clc1cc(Br)ccc1CC1(CBr)CCCCC1. The Hall–Kier alpha value is 0.470. The quantitative estimate of drug-likeness (QED) is 0.565. The Kier molecular flexibility index (Phi) is 4.96. The molecular weight excluding hydrogens is 363 g/mol. The van der Waals surface area contributed by atoms with Crippen LogP contribution in [0.4, 0.5) is 0 Å². The standard InChI is InChI=1S/C14H17Br2Cl/c15-10-14(6-2-1-3-7-14)9-11-4-5-12(16)8-13(11)17/h4-5,8H,1-3,6-7,9-10H2. The second-order valence-electron chi connectivity index (χ2n) is 5.11. The first-order chi connectivity index (χ1) is 8.15. The van der Waals surface area contributed by atoms with Crippen LogP contribution in [0, 0.1) is 5.41 Å². The molecule has 1 aliphatic carbocycles. The fraction of sp³-hybridized carbons (Fsp3) is 0.571. The van der Waals surface area contributed by atoms with Gasteiger partial charge >= 0.3 is 0 Å². The van der Waals surface area contributed by atoms with E-state index in [1.807, 2.05) is 6.07 Å². The molecule has 17 heavy (non-hydrogen) atoms. The number of hydrogen-bond donors (Lipinski definition) is 0. The Morgan fingerprint density at radius 2 is 1.88 bits per heavy atom. The second kappa shape index (κ2) is 6.08. The highest BCUT2D eigenvalue weighted by molar-refractivity contribution is 9.10. The molecule has 0 radical (unpaired) electrons. The van der Waals surface area contributed by atoms with Gasteiger partial charge in [0.05, 0.1) is 0 Å². The fourth-order valence-corrected chi connectivity index (χ4v) is 4.23. The van der Waals surface area contributed by atoms with Crippen molar-refractivity contribution >= 4 is 43.5 Å². The molecule has 0 bridgehead atoms. The van der Waals surface area contributed by atoms with Crippen LogP contribution >= 0.6 is 43.5 Å². The van der Waals surface area contributed by atoms with Crippen molar-refractivity contribution in [3.63, 3.8) is 0 Å². The molecule has 2 rings (SSSR count). The van der Waals surface area contributed by atoms with E-state index in [2.05, 4.69) is 44.0 Å². The molecule has 1 fully saturated rings. The highest BCUT2D eigenvalue weighted by atomic mass is 79.9. The Balaban J connectivity index is 2.17. The van der Waals surface area contributed by atoms with Crippen molar-refractivity contribution in [1.29, 1.82) is 0 Å². The molecule has 3 heteroatoms. The van der Waals surface area contributed by atoms with Crippen LogP contribution in [0.1, 0.15) is 37.7 Å². The van der Waals surface area contributed by atoms with Gasteiger partial charge in [0.2, 0.25) is 0 Å².